The van der Waals surface area contributed by atoms with Gasteiger partial charge in [-0.1, -0.05) is 6.07 Å². The molecule has 0 saturated carbocycles. The lowest BCUT2D eigenvalue weighted by Crippen LogP contribution is -2.26. The molecule has 1 aromatic rings. The average Bonchev–Trinajstić information content (AvgIpc) is 2.72. The number of nitrogens with one attached hydrogen (secondary N) is 1. The van der Waals surface area contributed by atoms with E-state index in [1.54, 1.807) is 0 Å². The van der Waals surface area contributed by atoms with Crippen LogP contribution in [0.4, 0.5) is 0 Å². The largest absolute Gasteiger partial charge is 0.377 e. The molecule has 1 aromatic heterocycles. The number of nitrogens with zero attached hydrogens (tertiary/aromatic N) is 1. The first-order valence-corrected chi connectivity index (χ1v) is 5.17. The first-order chi connectivity index (χ1) is 6.95. The molecule has 0 amide bonds. The monoisotopic (exact) mass is 192 g/mol. The third-order valence-corrected chi connectivity index (χ3v) is 2.43. The predicted molar refractivity (Wildman–Crippen MR) is 54.9 cm³/mol. The number of hydrogen-bond acceptors (Lipinski definition) is 3. The topological polar surface area (TPSA) is 34.1 Å². The van der Waals surface area contributed by atoms with Crippen LogP contribution in [0.15, 0.2) is 24.4 Å². The third-order valence-electron chi connectivity index (χ3n) is 2.43. The van der Waals surface area contributed by atoms with Gasteiger partial charge in [-0.2, -0.15) is 0 Å². The van der Waals surface area contributed by atoms with E-state index in [9.17, 15) is 0 Å². The lowest BCUT2D eigenvalue weighted by atomic mass is 10.2. The molecule has 76 valence electrons. The van der Waals surface area contributed by atoms with E-state index in [1.807, 2.05) is 24.4 Å². The molecule has 0 radical (unpaired) electrons. The van der Waals surface area contributed by atoms with Crippen LogP contribution in [0, 0.1) is 0 Å². The summed E-state index contributed by atoms with van der Waals surface area (Å²) in [5.41, 5.74) is 1.09. The van der Waals surface area contributed by atoms with E-state index in [1.165, 1.54) is 12.8 Å². The van der Waals surface area contributed by atoms with E-state index in [4.69, 9.17) is 4.74 Å². The van der Waals surface area contributed by atoms with Crippen LogP contribution in [0.3, 0.4) is 0 Å². The van der Waals surface area contributed by atoms with Crippen LogP contribution in [0.2, 0.25) is 0 Å². The van der Waals surface area contributed by atoms with E-state index >= 15 is 0 Å². The molecule has 14 heavy (non-hydrogen) atoms. The van der Waals surface area contributed by atoms with Crippen LogP contribution in [-0.2, 0) is 11.3 Å². The Kier molecular flexibility index (Phi) is 3.49. The Morgan fingerprint density at radius 2 is 2.50 bits per heavy atom. The number of ether oxygens (including phenoxy) is 1. The second kappa shape index (κ2) is 5.08. The first kappa shape index (κ1) is 9.62. The molecule has 0 bridgehead atoms. The summed E-state index contributed by atoms with van der Waals surface area (Å²) in [6.45, 7) is 2.70. The van der Waals surface area contributed by atoms with Crippen molar-refractivity contribution in [2.45, 2.75) is 25.5 Å². The molecule has 1 atom stereocenters. The van der Waals surface area contributed by atoms with Crippen molar-refractivity contribution in [3.63, 3.8) is 0 Å². The van der Waals surface area contributed by atoms with Gasteiger partial charge in [0.05, 0.1) is 11.8 Å². The SMILES string of the molecule is c1ccc(CNCC2CCCO2)nc1. The van der Waals surface area contributed by atoms with Gasteiger partial charge in [-0.25, -0.2) is 0 Å². The number of hydrogen-bond donors (Lipinski definition) is 1. The van der Waals surface area contributed by atoms with Gasteiger partial charge in [0.15, 0.2) is 0 Å². The predicted octanol–water partition coefficient (Wildman–Crippen LogP) is 1.35. The van der Waals surface area contributed by atoms with Crippen LogP contribution in [0.1, 0.15) is 18.5 Å². The number of pyridine rings is 1. The minimum Gasteiger partial charge on any atom is -0.377 e. The summed E-state index contributed by atoms with van der Waals surface area (Å²) >= 11 is 0. The average molecular weight is 192 g/mol. The molecule has 1 aliphatic heterocycles. The standard InChI is InChI=1S/C11H16N2O/c1-2-6-13-10(4-1)8-12-9-11-5-3-7-14-11/h1-2,4,6,11-12H,3,5,7-9H2. The van der Waals surface area contributed by atoms with Gasteiger partial charge in [-0.3, -0.25) is 4.98 Å². The van der Waals surface area contributed by atoms with Gasteiger partial charge in [0, 0.05) is 25.9 Å². The molecule has 3 nitrogen and oxygen atoms in total. The highest BCUT2D eigenvalue weighted by molar-refractivity contribution is 5.02. The number of rotatable bonds is 4. The Balaban J connectivity index is 1.67. The number of aromatic nitrogens is 1. The van der Waals surface area contributed by atoms with Crippen LogP contribution in [-0.4, -0.2) is 24.2 Å². The normalized spacial score (nSPS) is 21.3. The van der Waals surface area contributed by atoms with E-state index in [-0.39, 0.29) is 0 Å². The molecular weight excluding hydrogens is 176 g/mol. The van der Waals surface area contributed by atoms with Crippen molar-refractivity contribution in [2.75, 3.05) is 13.2 Å². The minimum atomic E-state index is 0.415. The summed E-state index contributed by atoms with van der Waals surface area (Å²) in [4.78, 5) is 4.24. The fourth-order valence-corrected chi connectivity index (χ4v) is 1.67. The van der Waals surface area contributed by atoms with Gasteiger partial charge in [-0.05, 0) is 25.0 Å². The Morgan fingerprint density at radius 1 is 1.50 bits per heavy atom. The third kappa shape index (κ3) is 2.79. The Hall–Kier alpha value is -0.930. The quantitative estimate of drug-likeness (QED) is 0.782. The summed E-state index contributed by atoms with van der Waals surface area (Å²) in [5.74, 6) is 0. The van der Waals surface area contributed by atoms with Crippen molar-refractivity contribution < 1.29 is 4.74 Å². The van der Waals surface area contributed by atoms with Gasteiger partial charge in [0.1, 0.15) is 0 Å². The first-order valence-electron chi connectivity index (χ1n) is 5.17. The van der Waals surface area contributed by atoms with E-state index in [0.29, 0.717) is 6.10 Å². The molecule has 2 rings (SSSR count). The van der Waals surface area contributed by atoms with Crippen molar-refractivity contribution in [3.05, 3.63) is 30.1 Å². The van der Waals surface area contributed by atoms with Crippen LogP contribution in [0.5, 0.6) is 0 Å². The van der Waals surface area contributed by atoms with E-state index in [2.05, 4.69) is 10.3 Å². The van der Waals surface area contributed by atoms with Gasteiger partial charge < -0.3 is 10.1 Å². The second-order valence-electron chi connectivity index (χ2n) is 3.59. The summed E-state index contributed by atoms with van der Waals surface area (Å²) in [6.07, 6.45) is 4.63. The molecule has 0 spiro atoms. The smallest absolute Gasteiger partial charge is 0.0700 e. The lowest BCUT2D eigenvalue weighted by Gasteiger charge is -2.09. The fraction of sp³-hybridized carbons (Fsp3) is 0.545. The van der Waals surface area contributed by atoms with Crippen molar-refractivity contribution in [3.8, 4) is 0 Å². The molecule has 2 heterocycles. The second-order valence-corrected chi connectivity index (χ2v) is 3.59. The van der Waals surface area contributed by atoms with Gasteiger partial charge in [0.25, 0.3) is 0 Å². The van der Waals surface area contributed by atoms with Gasteiger partial charge in [-0.15, -0.1) is 0 Å². The minimum absolute atomic E-state index is 0.415. The van der Waals surface area contributed by atoms with E-state index < -0.39 is 0 Å². The van der Waals surface area contributed by atoms with Crippen molar-refractivity contribution in [1.29, 1.82) is 0 Å². The molecule has 0 aliphatic carbocycles. The Morgan fingerprint density at radius 3 is 3.21 bits per heavy atom. The molecular formula is C11H16N2O. The Labute approximate surface area is 84.5 Å². The highest BCUT2D eigenvalue weighted by atomic mass is 16.5. The highest BCUT2D eigenvalue weighted by Gasteiger charge is 2.14. The maximum Gasteiger partial charge on any atom is 0.0700 e. The fourth-order valence-electron chi connectivity index (χ4n) is 1.67. The zero-order valence-corrected chi connectivity index (χ0v) is 8.28. The maximum absolute atomic E-state index is 5.51. The molecule has 3 heteroatoms. The van der Waals surface area contributed by atoms with Crippen LogP contribution >= 0.6 is 0 Å². The van der Waals surface area contributed by atoms with Crippen LogP contribution < -0.4 is 5.32 Å². The van der Waals surface area contributed by atoms with Crippen molar-refractivity contribution >= 4 is 0 Å². The summed E-state index contributed by atoms with van der Waals surface area (Å²) in [5, 5.41) is 3.36. The van der Waals surface area contributed by atoms with Crippen molar-refractivity contribution in [2.24, 2.45) is 0 Å². The summed E-state index contributed by atoms with van der Waals surface area (Å²) in [7, 11) is 0. The summed E-state index contributed by atoms with van der Waals surface area (Å²) < 4.78 is 5.51. The summed E-state index contributed by atoms with van der Waals surface area (Å²) in [6, 6.07) is 5.97. The zero-order valence-electron chi connectivity index (χ0n) is 8.28. The van der Waals surface area contributed by atoms with Gasteiger partial charge in [0.2, 0.25) is 0 Å². The van der Waals surface area contributed by atoms with Crippen molar-refractivity contribution in [1.82, 2.24) is 10.3 Å². The lowest BCUT2D eigenvalue weighted by molar-refractivity contribution is 0.110. The molecule has 1 saturated heterocycles. The highest BCUT2D eigenvalue weighted by Crippen LogP contribution is 2.10. The molecule has 1 N–H and O–H groups in total. The molecule has 1 aliphatic rings. The van der Waals surface area contributed by atoms with E-state index in [0.717, 1.165) is 25.4 Å². The molecule has 1 fully saturated rings. The Bertz CT molecular complexity index is 257. The maximum atomic E-state index is 5.51. The molecule has 0 aromatic carbocycles. The molecule has 1 unspecified atom stereocenters. The zero-order chi connectivity index (χ0) is 9.64. The van der Waals surface area contributed by atoms with Gasteiger partial charge >= 0.3 is 0 Å². The van der Waals surface area contributed by atoms with Crippen LogP contribution in [0.25, 0.3) is 0 Å².